The summed E-state index contributed by atoms with van der Waals surface area (Å²) in [5, 5.41) is 3.33. The van der Waals surface area contributed by atoms with Gasteiger partial charge in [-0.3, -0.25) is 4.90 Å². The minimum Gasteiger partial charge on any atom is -0.468 e. The molecule has 5 nitrogen and oxygen atoms in total. The summed E-state index contributed by atoms with van der Waals surface area (Å²) >= 11 is 0. The maximum absolute atomic E-state index is 5.35. The van der Waals surface area contributed by atoms with Crippen LogP contribution in [-0.2, 0) is 26.2 Å². The van der Waals surface area contributed by atoms with Crippen LogP contribution in [0.1, 0.15) is 17.3 Å². The average Bonchev–Trinajstić information content (AvgIpc) is 2.96. The molecule has 96 valence electrons. The Morgan fingerprint density at radius 1 is 1.50 bits per heavy atom. The molecule has 1 aliphatic rings. The van der Waals surface area contributed by atoms with E-state index in [0.717, 1.165) is 50.0 Å². The monoisotopic (exact) mass is 246 g/mol. The lowest BCUT2D eigenvalue weighted by molar-refractivity contribution is 0.285. The minimum atomic E-state index is 0.813. The molecule has 0 aliphatic carbocycles. The van der Waals surface area contributed by atoms with Crippen LogP contribution in [0.2, 0.25) is 0 Å². The maximum Gasteiger partial charge on any atom is 0.123 e. The average molecular weight is 246 g/mol. The van der Waals surface area contributed by atoms with Gasteiger partial charge in [0.05, 0.1) is 25.0 Å². The molecule has 3 rings (SSSR count). The Labute approximate surface area is 106 Å². The standard InChI is InChI=1S/C13H18N4O/c1-16(10-12-3-2-6-18-12)8-11-9-17-5-4-14-7-13(17)15-11/h2-3,6,9,14H,4-5,7-8,10H2,1H3. The normalized spacial score (nSPS) is 15.0. The van der Waals surface area contributed by atoms with Crippen molar-refractivity contribution >= 4 is 0 Å². The van der Waals surface area contributed by atoms with Crippen LogP contribution in [0.5, 0.6) is 0 Å². The highest BCUT2D eigenvalue weighted by molar-refractivity contribution is 5.06. The van der Waals surface area contributed by atoms with Gasteiger partial charge in [0, 0.05) is 25.8 Å². The molecule has 2 aromatic rings. The molecular formula is C13H18N4O. The van der Waals surface area contributed by atoms with Crippen LogP contribution in [0.25, 0.3) is 0 Å². The van der Waals surface area contributed by atoms with E-state index in [0.29, 0.717) is 0 Å². The predicted octanol–water partition coefficient (Wildman–Crippen LogP) is 1.21. The smallest absolute Gasteiger partial charge is 0.123 e. The van der Waals surface area contributed by atoms with E-state index in [1.165, 1.54) is 0 Å². The van der Waals surface area contributed by atoms with E-state index >= 15 is 0 Å². The highest BCUT2D eigenvalue weighted by Gasteiger charge is 2.13. The third-order valence-corrected chi connectivity index (χ3v) is 3.16. The summed E-state index contributed by atoms with van der Waals surface area (Å²) in [6.07, 6.45) is 3.87. The van der Waals surface area contributed by atoms with Crippen LogP contribution >= 0.6 is 0 Å². The van der Waals surface area contributed by atoms with Gasteiger partial charge < -0.3 is 14.3 Å². The molecule has 0 spiro atoms. The summed E-state index contributed by atoms with van der Waals surface area (Å²) in [4.78, 5) is 6.86. The molecule has 0 amide bonds. The zero-order valence-electron chi connectivity index (χ0n) is 10.6. The van der Waals surface area contributed by atoms with E-state index in [4.69, 9.17) is 4.42 Å². The molecule has 0 unspecified atom stereocenters. The van der Waals surface area contributed by atoms with Gasteiger partial charge in [-0.15, -0.1) is 0 Å². The van der Waals surface area contributed by atoms with E-state index in [9.17, 15) is 0 Å². The first-order chi connectivity index (χ1) is 8.81. The van der Waals surface area contributed by atoms with E-state index in [2.05, 4.69) is 33.0 Å². The highest BCUT2D eigenvalue weighted by atomic mass is 16.3. The Hall–Kier alpha value is -1.59. The van der Waals surface area contributed by atoms with Crippen LogP contribution in [0.3, 0.4) is 0 Å². The first-order valence-corrected chi connectivity index (χ1v) is 6.28. The second-order valence-corrected chi connectivity index (χ2v) is 4.77. The minimum absolute atomic E-state index is 0.813. The highest BCUT2D eigenvalue weighted by Crippen LogP contribution is 2.10. The topological polar surface area (TPSA) is 46.2 Å². The molecular weight excluding hydrogens is 228 g/mol. The molecule has 0 fully saturated rings. The molecule has 1 aliphatic heterocycles. The lowest BCUT2D eigenvalue weighted by Crippen LogP contribution is -2.27. The van der Waals surface area contributed by atoms with E-state index in [1.54, 1.807) is 6.26 Å². The third kappa shape index (κ3) is 2.47. The fourth-order valence-corrected chi connectivity index (χ4v) is 2.32. The van der Waals surface area contributed by atoms with Gasteiger partial charge in [-0.1, -0.05) is 0 Å². The first-order valence-electron chi connectivity index (χ1n) is 6.28. The Balaban J connectivity index is 1.63. The van der Waals surface area contributed by atoms with Crippen LogP contribution in [0.4, 0.5) is 0 Å². The van der Waals surface area contributed by atoms with Crippen molar-refractivity contribution in [2.45, 2.75) is 26.2 Å². The summed E-state index contributed by atoms with van der Waals surface area (Å²) in [7, 11) is 2.08. The van der Waals surface area contributed by atoms with Crippen molar-refractivity contribution in [1.82, 2.24) is 19.8 Å². The molecule has 18 heavy (non-hydrogen) atoms. The summed E-state index contributed by atoms with van der Waals surface area (Å²) < 4.78 is 7.59. The fraction of sp³-hybridized carbons (Fsp3) is 0.462. The van der Waals surface area contributed by atoms with E-state index < -0.39 is 0 Å². The van der Waals surface area contributed by atoms with Crippen molar-refractivity contribution in [2.75, 3.05) is 13.6 Å². The maximum atomic E-state index is 5.35. The molecule has 2 aromatic heterocycles. The molecule has 0 atom stereocenters. The van der Waals surface area contributed by atoms with Gasteiger partial charge >= 0.3 is 0 Å². The predicted molar refractivity (Wildman–Crippen MR) is 67.8 cm³/mol. The first kappa shape index (κ1) is 11.5. The van der Waals surface area contributed by atoms with Crippen molar-refractivity contribution in [3.63, 3.8) is 0 Å². The van der Waals surface area contributed by atoms with Crippen molar-refractivity contribution < 1.29 is 4.42 Å². The third-order valence-electron chi connectivity index (χ3n) is 3.16. The number of hydrogen-bond acceptors (Lipinski definition) is 4. The Morgan fingerprint density at radius 2 is 2.44 bits per heavy atom. The number of fused-ring (bicyclic) bond motifs is 1. The molecule has 0 bridgehead atoms. The van der Waals surface area contributed by atoms with Gasteiger partial charge in [-0.2, -0.15) is 0 Å². The molecule has 0 saturated carbocycles. The van der Waals surface area contributed by atoms with Gasteiger partial charge in [0.1, 0.15) is 11.6 Å². The molecule has 0 radical (unpaired) electrons. The zero-order chi connectivity index (χ0) is 12.4. The van der Waals surface area contributed by atoms with Gasteiger partial charge in [-0.25, -0.2) is 4.98 Å². The zero-order valence-corrected chi connectivity index (χ0v) is 10.6. The summed E-state index contributed by atoms with van der Waals surface area (Å²) in [6, 6.07) is 3.92. The van der Waals surface area contributed by atoms with Crippen molar-refractivity contribution in [3.8, 4) is 0 Å². The molecule has 1 N–H and O–H groups in total. The van der Waals surface area contributed by atoms with E-state index in [1.807, 2.05) is 12.1 Å². The molecule has 3 heterocycles. The van der Waals surface area contributed by atoms with Gasteiger partial charge in [-0.05, 0) is 19.2 Å². The van der Waals surface area contributed by atoms with Gasteiger partial charge in [0.25, 0.3) is 0 Å². The largest absolute Gasteiger partial charge is 0.468 e. The van der Waals surface area contributed by atoms with Crippen molar-refractivity contribution in [1.29, 1.82) is 0 Å². The number of nitrogens with zero attached hydrogens (tertiary/aromatic N) is 3. The van der Waals surface area contributed by atoms with Crippen LogP contribution in [-0.4, -0.2) is 28.0 Å². The van der Waals surface area contributed by atoms with Crippen LogP contribution in [0, 0.1) is 0 Å². The molecule has 0 saturated heterocycles. The molecule has 0 aromatic carbocycles. The Morgan fingerprint density at radius 3 is 3.22 bits per heavy atom. The lowest BCUT2D eigenvalue weighted by atomic mass is 10.4. The van der Waals surface area contributed by atoms with E-state index in [-0.39, 0.29) is 0 Å². The van der Waals surface area contributed by atoms with Crippen LogP contribution < -0.4 is 5.32 Å². The second kappa shape index (κ2) is 4.96. The summed E-state index contributed by atoms with van der Waals surface area (Å²) in [5.41, 5.74) is 1.13. The number of imidazole rings is 1. The number of rotatable bonds is 4. The lowest BCUT2D eigenvalue weighted by Gasteiger charge is -2.13. The SMILES string of the molecule is CN(Cc1cn2c(n1)CNCC2)Cc1ccco1. The van der Waals surface area contributed by atoms with Gasteiger partial charge in [0.2, 0.25) is 0 Å². The summed E-state index contributed by atoms with van der Waals surface area (Å²) in [5.74, 6) is 2.13. The fourth-order valence-electron chi connectivity index (χ4n) is 2.32. The quantitative estimate of drug-likeness (QED) is 0.881. The van der Waals surface area contributed by atoms with Crippen molar-refractivity contribution in [3.05, 3.63) is 41.9 Å². The Kier molecular flexibility index (Phi) is 3.17. The van der Waals surface area contributed by atoms with Gasteiger partial charge in [0.15, 0.2) is 0 Å². The summed E-state index contributed by atoms with van der Waals surface area (Å²) in [6.45, 7) is 4.59. The van der Waals surface area contributed by atoms with Crippen molar-refractivity contribution in [2.24, 2.45) is 0 Å². The molecule has 5 heteroatoms. The number of furan rings is 1. The number of hydrogen-bond donors (Lipinski definition) is 1. The second-order valence-electron chi connectivity index (χ2n) is 4.77. The number of nitrogens with one attached hydrogen (secondary N) is 1. The Bertz CT molecular complexity index is 480. The number of aromatic nitrogens is 2. The van der Waals surface area contributed by atoms with Crippen LogP contribution in [0.15, 0.2) is 29.0 Å².